The van der Waals surface area contributed by atoms with Crippen LogP contribution < -0.4 is 16.5 Å². The molecule has 0 aliphatic rings. The Bertz CT molecular complexity index is 490. The van der Waals surface area contributed by atoms with Crippen molar-refractivity contribution in [2.75, 3.05) is 6.73 Å². The summed E-state index contributed by atoms with van der Waals surface area (Å²) in [6, 6.07) is 0. The van der Waals surface area contributed by atoms with Gasteiger partial charge in [-0.2, -0.15) is 0 Å². The van der Waals surface area contributed by atoms with Crippen molar-refractivity contribution in [3.05, 3.63) is 22.1 Å². The Morgan fingerprint density at radius 3 is 2.58 bits per heavy atom. The van der Waals surface area contributed by atoms with Crippen molar-refractivity contribution in [3.63, 3.8) is 0 Å². The van der Waals surface area contributed by atoms with E-state index < -0.39 is 11.9 Å². The lowest BCUT2D eigenvalue weighted by atomic mass is 10.3. The molecule has 0 bridgehead atoms. The van der Waals surface area contributed by atoms with Gasteiger partial charge in [0.15, 0.2) is 12.5 Å². The first kappa shape index (κ1) is 14.8. The molecule has 1 aromatic rings. The van der Waals surface area contributed by atoms with Crippen LogP contribution in [0.25, 0.3) is 0 Å². The average Bonchev–Trinajstić information content (AvgIpc) is 2.65. The monoisotopic (exact) mass is 272 g/mol. The fraction of sp³-hybridized carbons (Fsp3) is 0.545. The molecule has 0 spiro atoms. The highest BCUT2D eigenvalue weighted by molar-refractivity contribution is 5.76. The third-order valence-electron chi connectivity index (χ3n) is 2.18. The van der Waals surface area contributed by atoms with Gasteiger partial charge >= 0.3 is 11.9 Å². The largest absolute Gasteiger partial charge is 0.519 e. The Kier molecular flexibility index (Phi) is 5.65. The molecule has 0 atom stereocenters. The molecule has 1 rings (SSSR count). The van der Waals surface area contributed by atoms with Crippen molar-refractivity contribution in [2.24, 2.45) is 0 Å². The minimum absolute atomic E-state index is 0.0285. The van der Waals surface area contributed by atoms with E-state index in [4.69, 9.17) is 4.74 Å². The molecule has 0 fully saturated rings. The summed E-state index contributed by atoms with van der Waals surface area (Å²) in [7, 11) is 0. The summed E-state index contributed by atoms with van der Waals surface area (Å²) >= 11 is 0. The lowest BCUT2D eigenvalue weighted by Crippen LogP contribution is -2.31. The summed E-state index contributed by atoms with van der Waals surface area (Å²) in [6.45, 7) is 3.17. The zero-order valence-electron chi connectivity index (χ0n) is 10.8. The van der Waals surface area contributed by atoms with Gasteiger partial charge in [0, 0.05) is 6.42 Å². The quantitative estimate of drug-likeness (QED) is 0.735. The van der Waals surface area contributed by atoms with Crippen LogP contribution in [-0.4, -0.2) is 18.7 Å². The summed E-state index contributed by atoms with van der Waals surface area (Å²) in [6.07, 6.45) is 0.362. The van der Waals surface area contributed by atoms with Crippen LogP contribution in [-0.2, 0) is 16.1 Å². The summed E-state index contributed by atoms with van der Waals surface area (Å²) in [5.41, 5.74) is 0. The number of hydrogen-bond acceptors (Lipinski definition) is 6. The molecule has 0 aromatic carbocycles. The first-order valence-corrected chi connectivity index (χ1v) is 5.79. The van der Waals surface area contributed by atoms with E-state index in [2.05, 4.69) is 19.5 Å². The summed E-state index contributed by atoms with van der Waals surface area (Å²) in [5.74, 6) is -0.500. The van der Waals surface area contributed by atoms with Crippen LogP contribution in [0, 0.1) is 6.92 Å². The standard InChI is InChI=1S/C11H16N2O6/c1-3-4-9(14)13-6-17-10(15)12-5-8-7(2)18-11(16)19-8/h3-6H2,1-2H3,(H,12,15)(H,13,14). The van der Waals surface area contributed by atoms with Crippen LogP contribution >= 0.6 is 0 Å². The van der Waals surface area contributed by atoms with Gasteiger partial charge in [-0.3, -0.25) is 4.79 Å². The van der Waals surface area contributed by atoms with Crippen molar-refractivity contribution in [3.8, 4) is 0 Å². The predicted octanol–water partition coefficient (Wildman–Crippen LogP) is 0.641. The van der Waals surface area contributed by atoms with Gasteiger partial charge in [-0.1, -0.05) is 6.92 Å². The molecule has 0 unspecified atom stereocenters. The third-order valence-corrected chi connectivity index (χ3v) is 2.18. The normalized spacial score (nSPS) is 10.0. The van der Waals surface area contributed by atoms with Crippen molar-refractivity contribution in [2.45, 2.75) is 33.2 Å². The fourth-order valence-corrected chi connectivity index (χ4v) is 1.24. The molecule has 0 radical (unpaired) electrons. The maximum atomic E-state index is 11.2. The van der Waals surface area contributed by atoms with E-state index in [-0.39, 0.29) is 24.9 Å². The van der Waals surface area contributed by atoms with E-state index in [1.165, 1.54) is 6.92 Å². The van der Waals surface area contributed by atoms with E-state index in [1.807, 2.05) is 6.92 Å². The number of aryl methyl sites for hydroxylation is 1. The number of ether oxygens (including phenoxy) is 1. The Morgan fingerprint density at radius 2 is 2.00 bits per heavy atom. The molecular formula is C11H16N2O6. The van der Waals surface area contributed by atoms with Gasteiger partial charge in [0.05, 0.1) is 6.54 Å². The second-order valence-corrected chi connectivity index (χ2v) is 3.71. The van der Waals surface area contributed by atoms with Crippen molar-refractivity contribution in [1.29, 1.82) is 0 Å². The molecule has 2 amide bonds. The molecule has 0 saturated heterocycles. The van der Waals surface area contributed by atoms with E-state index in [1.54, 1.807) is 0 Å². The number of hydrogen-bond donors (Lipinski definition) is 2. The van der Waals surface area contributed by atoms with Crippen molar-refractivity contribution in [1.82, 2.24) is 10.6 Å². The number of amides is 2. The molecule has 19 heavy (non-hydrogen) atoms. The maximum Gasteiger partial charge on any atom is 0.519 e. The van der Waals surface area contributed by atoms with Gasteiger partial charge in [-0.05, 0) is 13.3 Å². The zero-order valence-corrected chi connectivity index (χ0v) is 10.8. The highest BCUT2D eigenvalue weighted by Gasteiger charge is 2.10. The highest BCUT2D eigenvalue weighted by Crippen LogP contribution is 2.03. The number of carbonyl (C=O) groups excluding carboxylic acids is 2. The van der Waals surface area contributed by atoms with Gasteiger partial charge in [-0.25, -0.2) is 9.59 Å². The molecule has 1 aromatic heterocycles. The van der Waals surface area contributed by atoms with Gasteiger partial charge in [0.1, 0.15) is 5.76 Å². The summed E-state index contributed by atoms with van der Waals surface area (Å²) in [5, 5.41) is 4.77. The fourth-order valence-electron chi connectivity index (χ4n) is 1.24. The Hall–Kier alpha value is -2.25. The first-order valence-electron chi connectivity index (χ1n) is 5.79. The number of carbonyl (C=O) groups is 2. The topological polar surface area (TPSA) is 111 Å². The van der Waals surface area contributed by atoms with Crippen LogP contribution in [0.4, 0.5) is 4.79 Å². The van der Waals surface area contributed by atoms with Crippen LogP contribution in [0.15, 0.2) is 13.6 Å². The van der Waals surface area contributed by atoms with Gasteiger partial charge in [0.2, 0.25) is 5.91 Å². The van der Waals surface area contributed by atoms with E-state index in [0.29, 0.717) is 12.2 Å². The second-order valence-electron chi connectivity index (χ2n) is 3.71. The molecule has 0 aliphatic heterocycles. The lowest BCUT2D eigenvalue weighted by Gasteiger charge is -2.06. The molecule has 8 heteroatoms. The van der Waals surface area contributed by atoms with Crippen LogP contribution in [0.5, 0.6) is 0 Å². The first-order chi connectivity index (χ1) is 9.02. The van der Waals surface area contributed by atoms with Gasteiger partial charge in [0.25, 0.3) is 0 Å². The minimum Gasteiger partial charge on any atom is -0.428 e. The molecule has 0 saturated carbocycles. The van der Waals surface area contributed by atoms with E-state index in [0.717, 1.165) is 6.42 Å². The minimum atomic E-state index is -0.825. The Labute approximate surface area is 109 Å². The zero-order chi connectivity index (χ0) is 14.3. The Morgan fingerprint density at radius 1 is 1.26 bits per heavy atom. The average molecular weight is 272 g/mol. The highest BCUT2D eigenvalue weighted by atomic mass is 16.6. The molecule has 2 N–H and O–H groups in total. The molecule has 106 valence electrons. The smallest absolute Gasteiger partial charge is 0.428 e. The number of nitrogens with one attached hydrogen (secondary N) is 2. The van der Waals surface area contributed by atoms with Crippen molar-refractivity contribution >= 4 is 12.0 Å². The molecular weight excluding hydrogens is 256 g/mol. The number of rotatable bonds is 6. The predicted molar refractivity (Wildman–Crippen MR) is 63.2 cm³/mol. The number of alkyl carbamates (subject to hydrolysis) is 1. The van der Waals surface area contributed by atoms with Crippen LogP contribution in [0.2, 0.25) is 0 Å². The Balaban J connectivity index is 2.23. The SMILES string of the molecule is CCCC(=O)NCOC(=O)NCc1oc(=O)oc1C. The van der Waals surface area contributed by atoms with Crippen molar-refractivity contribution < 1.29 is 23.2 Å². The van der Waals surface area contributed by atoms with E-state index >= 15 is 0 Å². The second kappa shape index (κ2) is 7.24. The van der Waals surface area contributed by atoms with E-state index in [9.17, 15) is 14.4 Å². The summed E-state index contributed by atoms with van der Waals surface area (Å²) < 4.78 is 14.0. The molecule has 1 heterocycles. The van der Waals surface area contributed by atoms with Crippen LogP contribution in [0.1, 0.15) is 31.3 Å². The molecule has 0 aliphatic carbocycles. The molecule has 8 nitrogen and oxygen atoms in total. The summed E-state index contributed by atoms with van der Waals surface area (Å²) in [4.78, 5) is 33.0. The lowest BCUT2D eigenvalue weighted by molar-refractivity contribution is -0.122. The van der Waals surface area contributed by atoms with Crippen LogP contribution in [0.3, 0.4) is 0 Å². The third kappa shape index (κ3) is 5.28. The van der Waals surface area contributed by atoms with Gasteiger partial charge in [-0.15, -0.1) is 0 Å². The maximum absolute atomic E-state index is 11.2. The van der Waals surface area contributed by atoms with Gasteiger partial charge < -0.3 is 24.2 Å².